The van der Waals surface area contributed by atoms with E-state index >= 15 is 0 Å². The minimum atomic E-state index is -0.158. The number of benzene rings is 2. The molecule has 0 fully saturated rings. The lowest BCUT2D eigenvalue weighted by Gasteiger charge is -2.17. The summed E-state index contributed by atoms with van der Waals surface area (Å²) in [5.74, 6) is 0.840. The van der Waals surface area contributed by atoms with Gasteiger partial charge in [0.25, 0.3) is 0 Å². The zero-order valence-corrected chi connectivity index (χ0v) is 12.6. The monoisotopic (exact) mass is 353 g/mol. The van der Waals surface area contributed by atoms with Crippen LogP contribution in [0.15, 0.2) is 42.5 Å². The molecule has 0 spiro atoms. The molecule has 2 aromatic rings. The van der Waals surface area contributed by atoms with Crippen molar-refractivity contribution in [1.82, 2.24) is 0 Å². The van der Waals surface area contributed by atoms with E-state index in [1.165, 1.54) is 9.13 Å². The van der Waals surface area contributed by atoms with Crippen molar-refractivity contribution < 1.29 is 4.74 Å². The second kappa shape index (κ2) is 5.71. The van der Waals surface area contributed by atoms with Crippen molar-refractivity contribution in [3.63, 3.8) is 0 Å². The lowest BCUT2D eigenvalue weighted by molar-refractivity contribution is 0.407. The molecule has 0 heterocycles. The Morgan fingerprint density at radius 1 is 1.17 bits per heavy atom. The number of halogens is 1. The van der Waals surface area contributed by atoms with Gasteiger partial charge in [0.2, 0.25) is 0 Å². The number of methoxy groups -OCH3 is 1. The van der Waals surface area contributed by atoms with E-state index in [9.17, 15) is 0 Å². The Morgan fingerprint density at radius 3 is 2.61 bits per heavy atom. The Bertz CT molecular complexity index is 554. The molecule has 0 aromatic heterocycles. The summed E-state index contributed by atoms with van der Waals surface area (Å²) in [7, 11) is 1.68. The van der Waals surface area contributed by atoms with Gasteiger partial charge in [0.05, 0.1) is 13.2 Å². The summed E-state index contributed by atoms with van der Waals surface area (Å²) >= 11 is 2.30. The predicted molar refractivity (Wildman–Crippen MR) is 82.9 cm³/mol. The van der Waals surface area contributed by atoms with Gasteiger partial charge in [-0.15, -0.1) is 0 Å². The quantitative estimate of drug-likeness (QED) is 0.855. The molecule has 0 amide bonds. The van der Waals surface area contributed by atoms with E-state index in [-0.39, 0.29) is 6.04 Å². The summed E-state index contributed by atoms with van der Waals surface area (Å²) in [5.41, 5.74) is 9.66. The largest absolute Gasteiger partial charge is 0.496 e. The summed E-state index contributed by atoms with van der Waals surface area (Å²) in [4.78, 5) is 0. The maximum Gasteiger partial charge on any atom is 0.123 e. The van der Waals surface area contributed by atoms with Crippen molar-refractivity contribution in [2.75, 3.05) is 7.11 Å². The molecule has 18 heavy (non-hydrogen) atoms. The average Bonchev–Trinajstić information content (AvgIpc) is 2.38. The standard InChI is InChI=1S/C15H16INO/c1-10-6-7-14(18-2)13(8-10)15(17)11-4-3-5-12(16)9-11/h3-9,15H,17H2,1-2H3. The van der Waals surface area contributed by atoms with Crippen molar-refractivity contribution >= 4 is 22.6 Å². The molecule has 2 rings (SSSR count). The lowest BCUT2D eigenvalue weighted by atomic mass is 9.97. The Hall–Kier alpha value is -1.07. The molecule has 94 valence electrons. The Balaban J connectivity index is 2.44. The molecule has 0 aliphatic carbocycles. The molecule has 2 aromatic carbocycles. The van der Waals surface area contributed by atoms with Gasteiger partial charge in [-0.05, 0) is 53.3 Å². The van der Waals surface area contributed by atoms with Gasteiger partial charge in [-0.25, -0.2) is 0 Å². The van der Waals surface area contributed by atoms with Crippen LogP contribution in [-0.4, -0.2) is 7.11 Å². The van der Waals surface area contributed by atoms with Crippen molar-refractivity contribution in [3.05, 3.63) is 62.7 Å². The zero-order valence-electron chi connectivity index (χ0n) is 10.5. The van der Waals surface area contributed by atoms with Gasteiger partial charge in [-0.1, -0.05) is 29.8 Å². The topological polar surface area (TPSA) is 35.2 Å². The number of rotatable bonds is 3. The highest BCUT2D eigenvalue weighted by atomic mass is 127. The first-order valence-corrected chi connectivity index (χ1v) is 6.85. The Morgan fingerprint density at radius 2 is 1.94 bits per heavy atom. The van der Waals surface area contributed by atoms with Gasteiger partial charge in [0.1, 0.15) is 5.75 Å². The van der Waals surface area contributed by atoms with Crippen LogP contribution in [0.4, 0.5) is 0 Å². The van der Waals surface area contributed by atoms with E-state index in [0.717, 1.165) is 16.9 Å². The van der Waals surface area contributed by atoms with Gasteiger partial charge >= 0.3 is 0 Å². The summed E-state index contributed by atoms with van der Waals surface area (Å²) in [6.45, 7) is 2.06. The average molecular weight is 353 g/mol. The van der Waals surface area contributed by atoms with Crippen LogP contribution in [0.5, 0.6) is 5.75 Å². The second-order valence-corrected chi connectivity index (χ2v) is 5.52. The number of ether oxygens (including phenoxy) is 1. The van der Waals surface area contributed by atoms with Gasteiger partial charge < -0.3 is 10.5 Å². The van der Waals surface area contributed by atoms with E-state index < -0.39 is 0 Å². The fraction of sp³-hybridized carbons (Fsp3) is 0.200. The van der Waals surface area contributed by atoms with E-state index in [1.54, 1.807) is 7.11 Å². The minimum absolute atomic E-state index is 0.158. The van der Waals surface area contributed by atoms with Crippen molar-refractivity contribution in [2.45, 2.75) is 13.0 Å². The lowest BCUT2D eigenvalue weighted by Crippen LogP contribution is -2.13. The van der Waals surface area contributed by atoms with E-state index in [1.807, 2.05) is 18.2 Å². The van der Waals surface area contributed by atoms with Gasteiger partial charge in [0, 0.05) is 9.13 Å². The highest BCUT2D eigenvalue weighted by Gasteiger charge is 2.14. The van der Waals surface area contributed by atoms with Crippen molar-refractivity contribution in [2.24, 2.45) is 5.73 Å². The minimum Gasteiger partial charge on any atom is -0.496 e. The third kappa shape index (κ3) is 2.84. The van der Waals surface area contributed by atoms with Crippen molar-refractivity contribution in [3.8, 4) is 5.75 Å². The van der Waals surface area contributed by atoms with Crippen LogP contribution in [0.2, 0.25) is 0 Å². The summed E-state index contributed by atoms with van der Waals surface area (Å²) in [5, 5.41) is 0. The van der Waals surface area contributed by atoms with E-state index in [2.05, 4.69) is 53.8 Å². The zero-order chi connectivity index (χ0) is 13.1. The SMILES string of the molecule is COc1ccc(C)cc1C(N)c1cccc(I)c1. The first-order chi connectivity index (χ1) is 8.61. The van der Waals surface area contributed by atoms with Crippen LogP contribution in [0, 0.1) is 10.5 Å². The Kier molecular flexibility index (Phi) is 4.24. The molecule has 0 bridgehead atoms. The third-order valence-corrected chi connectivity index (χ3v) is 3.60. The molecule has 0 saturated heterocycles. The van der Waals surface area contributed by atoms with Crippen molar-refractivity contribution in [1.29, 1.82) is 0 Å². The predicted octanol–water partition coefficient (Wildman–Crippen LogP) is 3.66. The van der Waals surface area contributed by atoms with Crippen LogP contribution in [0.25, 0.3) is 0 Å². The molecule has 1 atom stereocenters. The van der Waals surface area contributed by atoms with Crippen LogP contribution in [0.1, 0.15) is 22.7 Å². The maximum atomic E-state index is 6.35. The Labute approximate surface area is 121 Å². The normalized spacial score (nSPS) is 12.2. The third-order valence-electron chi connectivity index (χ3n) is 2.93. The first-order valence-electron chi connectivity index (χ1n) is 5.77. The fourth-order valence-corrected chi connectivity index (χ4v) is 2.54. The first kappa shape index (κ1) is 13.4. The van der Waals surface area contributed by atoms with Crippen LogP contribution >= 0.6 is 22.6 Å². The van der Waals surface area contributed by atoms with Crippen LogP contribution in [0.3, 0.4) is 0 Å². The molecule has 2 nitrogen and oxygen atoms in total. The van der Waals surface area contributed by atoms with Crippen LogP contribution < -0.4 is 10.5 Å². The molecular formula is C15H16INO. The summed E-state index contributed by atoms with van der Waals surface area (Å²) < 4.78 is 6.58. The highest BCUT2D eigenvalue weighted by molar-refractivity contribution is 14.1. The molecule has 1 unspecified atom stereocenters. The van der Waals surface area contributed by atoms with E-state index in [0.29, 0.717) is 0 Å². The maximum absolute atomic E-state index is 6.35. The molecular weight excluding hydrogens is 337 g/mol. The van der Waals surface area contributed by atoms with Gasteiger partial charge in [0.15, 0.2) is 0 Å². The molecule has 3 heteroatoms. The number of aryl methyl sites for hydroxylation is 1. The van der Waals surface area contributed by atoms with Crippen LogP contribution in [-0.2, 0) is 0 Å². The summed E-state index contributed by atoms with van der Waals surface area (Å²) in [6, 6.07) is 14.2. The molecule has 0 aliphatic heterocycles. The highest BCUT2D eigenvalue weighted by Crippen LogP contribution is 2.29. The number of hydrogen-bond acceptors (Lipinski definition) is 2. The second-order valence-electron chi connectivity index (χ2n) is 4.28. The fourth-order valence-electron chi connectivity index (χ4n) is 1.98. The molecule has 2 N–H and O–H groups in total. The van der Waals surface area contributed by atoms with Gasteiger partial charge in [-0.3, -0.25) is 0 Å². The number of nitrogens with two attached hydrogens (primary N) is 1. The summed E-state index contributed by atoms with van der Waals surface area (Å²) in [6.07, 6.45) is 0. The smallest absolute Gasteiger partial charge is 0.123 e. The van der Waals surface area contributed by atoms with E-state index in [4.69, 9.17) is 10.5 Å². The molecule has 0 radical (unpaired) electrons. The molecule has 0 aliphatic rings. The number of hydrogen-bond donors (Lipinski definition) is 1. The van der Waals surface area contributed by atoms with Gasteiger partial charge in [-0.2, -0.15) is 0 Å². The molecule has 0 saturated carbocycles.